The van der Waals surface area contributed by atoms with E-state index < -0.39 is 10.0 Å². The first kappa shape index (κ1) is 14.7. The van der Waals surface area contributed by atoms with Crippen molar-refractivity contribution >= 4 is 10.0 Å². The van der Waals surface area contributed by atoms with Gasteiger partial charge in [0.25, 0.3) is 0 Å². The molecule has 9 heteroatoms. The number of aromatic amines is 1. The zero-order valence-corrected chi connectivity index (χ0v) is 12.1. The lowest BCUT2D eigenvalue weighted by molar-refractivity contribution is 0.387. The quantitative estimate of drug-likeness (QED) is 0.660. The minimum atomic E-state index is -3.52. The van der Waals surface area contributed by atoms with E-state index >= 15 is 0 Å². The van der Waals surface area contributed by atoms with Crippen LogP contribution in [0.1, 0.15) is 17.4 Å². The summed E-state index contributed by atoms with van der Waals surface area (Å²) in [6.45, 7) is 2.48. The predicted molar refractivity (Wildman–Crippen MR) is 71.5 cm³/mol. The molecule has 0 spiro atoms. The van der Waals surface area contributed by atoms with Crippen molar-refractivity contribution in [1.82, 2.24) is 25.2 Å². The number of sulfonamides is 1. The van der Waals surface area contributed by atoms with Crippen LogP contribution in [0.4, 0.5) is 0 Å². The molecule has 110 valence electrons. The maximum Gasteiger partial charge on any atom is 0.242 e. The Morgan fingerprint density at radius 2 is 2.25 bits per heavy atom. The highest BCUT2D eigenvalue weighted by molar-refractivity contribution is 7.89. The average Bonchev–Trinajstić information content (AvgIpc) is 2.99. The Morgan fingerprint density at radius 1 is 1.45 bits per heavy atom. The molecule has 8 nitrogen and oxygen atoms in total. The molecular weight excluding hydrogens is 282 g/mol. The Labute approximate surface area is 117 Å². The van der Waals surface area contributed by atoms with Crippen LogP contribution in [0.5, 0.6) is 0 Å². The molecule has 2 aromatic rings. The van der Waals surface area contributed by atoms with E-state index in [0.717, 1.165) is 5.69 Å². The summed E-state index contributed by atoms with van der Waals surface area (Å²) in [5.74, 6) is 0.945. The highest BCUT2D eigenvalue weighted by Crippen LogP contribution is 2.10. The number of H-pyrrole nitrogens is 1. The van der Waals surface area contributed by atoms with Gasteiger partial charge in [-0.1, -0.05) is 5.16 Å². The molecule has 0 fully saturated rings. The Hall–Kier alpha value is -1.71. The van der Waals surface area contributed by atoms with E-state index in [1.807, 2.05) is 0 Å². The van der Waals surface area contributed by atoms with Crippen molar-refractivity contribution in [2.24, 2.45) is 0 Å². The van der Waals surface area contributed by atoms with Crippen molar-refractivity contribution in [3.05, 3.63) is 29.7 Å². The van der Waals surface area contributed by atoms with Crippen LogP contribution in [0.2, 0.25) is 0 Å². The molecule has 2 heterocycles. The molecule has 0 radical (unpaired) electrons. The maximum absolute atomic E-state index is 12.0. The van der Waals surface area contributed by atoms with Crippen LogP contribution in [0.3, 0.4) is 0 Å². The summed E-state index contributed by atoms with van der Waals surface area (Å²) in [5, 5.41) is 6.64. The second-order valence-electron chi connectivity index (χ2n) is 4.27. The Kier molecular flexibility index (Phi) is 4.53. The summed E-state index contributed by atoms with van der Waals surface area (Å²) in [7, 11) is -1.72. The Morgan fingerprint density at radius 3 is 2.90 bits per heavy atom. The molecule has 0 amide bonds. The molecule has 0 saturated heterocycles. The van der Waals surface area contributed by atoms with Gasteiger partial charge in [-0.05, 0) is 13.1 Å². The third-order valence-electron chi connectivity index (χ3n) is 2.60. The molecule has 0 aliphatic heterocycles. The maximum atomic E-state index is 12.0. The summed E-state index contributed by atoms with van der Waals surface area (Å²) in [6.07, 6.45) is 1.85. The fourth-order valence-corrected chi connectivity index (χ4v) is 2.74. The van der Waals surface area contributed by atoms with E-state index in [9.17, 15) is 8.42 Å². The molecule has 0 aliphatic carbocycles. The molecule has 3 N–H and O–H groups in total. The van der Waals surface area contributed by atoms with Gasteiger partial charge < -0.3 is 14.8 Å². The minimum absolute atomic E-state index is 0.215. The predicted octanol–water partition coefficient (Wildman–Crippen LogP) is -0.0535. The number of aromatic nitrogens is 3. The molecule has 0 bridgehead atoms. The summed E-state index contributed by atoms with van der Waals surface area (Å²) < 4.78 is 31.4. The largest absolute Gasteiger partial charge is 0.363 e. The first-order valence-corrected chi connectivity index (χ1v) is 7.60. The fraction of sp³-hybridized carbons (Fsp3) is 0.455. The molecule has 2 rings (SSSR count). The van der Waals surface area contributed by atoms with E-state index in [2.05, 4.69) is 25.2 Å². The van der Waals surface area contributed by atoms with Gasteiger partial charge >= 0.3 is 0 Å². The van der Waals surface area contributed by atoms with Gasteiger partial charge in [-0.15, -0.1) is 0 Å². The highest BCUT2D eigenvalue weighted by Gasteiger charge is 2.15. The number of hydrogen-bond acceptors (Lipinski definition) is 6. The fourth-order valence-electron chi connectivity index (χ4n) is 1.69. The molecule has 0 atom stereocenters. The van der Waals surface area contributed by atoms with Gasteiger partial charge in [-0.25, -0.2) is 13.1 Å². The van der Waals surface area contributed by atoms with Crippen molar-refractivity contribution in [1.29, 1.82) is 0 Å². The number of hydrogen-bond donors (Lipinski definition) is 3. The van der Waals surface area contributed by atoms with Crippen LogP contribution in [-0.4, -0.2) is 37.1 Å². The van der Waals surface area contributed by atoms with E-state index in [1.165, 1.54) is 6.20 Å². The van der Waals surface area contributed by atoms with Crippen molar-refractivity contribution in [3.63, 3.8) is 0 Å². The third kappa shape index (κ3) is 3.65. The lowest BCUT2D eigenvalue weighted by atomic mass is 10.4. The SMILES string of the molecule is CNCc1cc(S(=O)(=O)NCCc2noc(C)n2)c[nH]1. The van der Waals surface area contributed by atoms with Gasteiger partial charge in [0.1, 0.15) is 0 Å². The monoisotopic (exact) mass is 299 g/mol. The summed E-state index contributed by atoms with van der Waals surface area (Å²) in [5.41, 5.74) is 0.807. The number of nitrogens with zero attached hydrogens (tertiary/aromatic N) is 2. The molecule has 20 heavy (non-hydrogen) atoms. The molecule has 0 unspecified atom stereocenters. The van der Waals surface area contributed by atoms with Gasteiger partial charge in [-0.3, -0.25) is 0 Å². The average molecular weight is 299 g/mol. The topological polar surface area (TPSA) is 113 Å². The van der Waals surface area contributed by atoms with Crippen LogP contribution in [0, 0.1) is 6.92 Å². The van der Waals surface area contributed by atoms with Crippen molar-refractivity contribution in [2.75, 3.05) is 13.6 Å². The van der Waals surface area contributed by atoms with Crippen molar-refractivity contribution in [2.45, 2.75) is 24.8 Å². The second kappa shape index (κ2) is 6.16. The van der Waals surface area contributed by atoms with E-state index in [-0.39, 0.29) is 11.4 Å². The minimum Gasteiger partial charge on any atom is -0.363 e. The summed E-state index contributed by atoms with van der Waals surface area (Å²) >= 11 is 0. The summed E-state index contributed by atoms with van der Waals surface area (Å²) in [6, 6.07) is 1.59. The van der Waals surface area contributed by atoms with Gasteiger partial charge in [0.2, 0.25) is 15.9 Å². The number of nitrogens with one attached hydrogen (secondary N) is 3. The zero-order valence-electron chi connectivity index (χ0n) is 11.3. The lowest BCUT2D eigenvalue weighted by Crippen LogP contribution is -2.26. The normalized spacial score (nSPS) is 11.9. The van der Waals surface area contributed by atoms with E-state index in [1.54, 1.807) is 20.0 Å². The molecular formula is C11H17N5O3S. The van der Waals surface area contributed by atoms with Gasteiger partial charge in [0.05, 0.1) is 4.90 Å². The highest BCUT2D eigenvalue weighted by atomic mass is 32.2. The number of rotatable bonds is 7. The molecule has 0 aromatic carbocycles. The van der Waals surface area contributed by atoms with Gasteiger partial charge in [-0.2, -0.15) is 4.98 Å². The Bertz CT molecular complexity index is 661. The van der Waals surface area contributed by atoms with Gasteiger partial charge in [0, 0.05) is 38.3 Å². The lowest BCUT2D eigenvalue weighted by Gasteiger charge is -2.02. The summed E-state index contributed by atoms with van der Waals surface area (Å²) in [4.78, 5) is 7.12. The van der Waals surface area contributed by atoms with Crippen LogP contribution >= 0.6 is 0 Å². The molecule has 0 saturated carbocycles. The smallest absolute Gasteiger partial charge is 0.242 e. The second-order valence-corrected chi connectivity index (χ2v) is 6.04. The molecule has 2 aromatic heterocycles. The Balaban J connectivity index is 1.92. The van der Waals surface area contributed by atoms with E-state index in [0.29, 0.717) is 24.7 Å². The van der Waals surface area contributed by atoms with Gasteiger partial charge in [0.15, 0.2) is 5.82 Å². The first-order chi connectivity index (χ1) is 9.51. The van der Waals surface area contributed by atoms with Crippen LogP contribution < -0.4 is 10.0 Å². The third-order valence-corrected chi connectivity index (χ3v) is 4.04. The van der Waals surface area contributed by atoms with E-state index in [4.69, 9.17) is 4.52 Å². The van der Waals surface area contributed by atoms with Crippen LogP contribution in [0.15, 0.2) is 21.7 Å². The molecule has 0 aliphatic rings. The standard InChI is InChI=1S/C11H17N5O3S/c1-8-15-11(16-19-8)3-4-14-20(17,18)10-5-9(6-12-2)13-7-10/h5,7,12-14H,3-4,6H2,1-2H3. The van der Waals surface area contributed by atoms with Crippen molar-refractivity contribution in [3.8, 4) is 0 Å². The number of aryl methyl sites for hydroxylation is 1. The zero-order chi connectivity index (χ0) is 14.6. The first-order valence-electron chi connectivity index (χ1n) is 6.12. The van der Waals surface area contributed by atoms with Crippen LogP contribution in [-0.2, 0) is 23.0 Å². The van der Waals surface area contributed by atoms with Crippen molar-refractivity contribution < 1.29 is 12.9 Å². The van der Waals surface area contributed by atoms with Crippen LogP contribution in [0.25, 0.3) is 0 Å².